The van der Waals surface area contributed by atoms with Crippen LogP contribution in [0.2, 0.25) is 0 Å². The number of benzene rings is 4. The Morgan fingerprint density at radius 2 is 1.37 bits per heavy atom. The van der Waals surface area contributed by atoms with Gasteiger partial charge in [-0.2, -0.15) is 0 Å². The van der Waals surface area contributed by atoms with E-state index < -0.39 is 16.1 Å². The lowest BCUT2D eigenvalue weighted by molar-refractivity contribution is -0.141. The van der Waals surface area contributed by atoms with E-state index in [2.05, 4.69) is 10.0 Å². The summed E-state index contributed by atoms with van der Waals surface area (Å²) in [5.74, 6) is 0.416. The molecule has 1 aliphatic carbocycles. The topological polar surface area (TPSA) is 105 Å². The molecule has 46 heavy (non-hydrogen) atoms. The Kier molecular flexibility index (Phi) is 11.2. The van der Waals surface area contributed by atoms with Crippen molar-refractivity contribution in [3.63, 3.8) is 0 Å². The summed E-state index contributed by atoms with van der Waals surface area (Å²) in [5.41, 5.74) is 3.81. The molecule has 1 aliphatic rings. The van der Waals surface area contributed by atoms with Gasteiger partial charge in [0.1, 0.15) is 11.8 Å². The average Bonchev–Trinajstić information content (AvgIpc) is 3.90. The van der Waals surface area contributed by atoms with Crippen LogP contribution >= 0.6 is 0 Å². The predicted octanol–water partition coefficient (Wildman–Crippen LogP) is 5.07. The summed E-state index contributed by atoms with van der Waals surface area (Å²) in [4.78, 5) is 29.8. The minimum Gasteiger partial charge on any atom is -0.497 e. The maximum Gasteiger partial charge on any atom is 0.243 e. The first kappa shape index (κ1) is 32.9. The minimum absolute atomic E-state index is 0.0290. The number of sulfonamides is 1. The molecule has 1 atom stereocenters. The maximum absolute atomic E-state index is 14.0. The smallest absolute Gasteiger partial charge is 0.243 e. The molecule has 0 spiro atoms. The van der Waals surface area contributed by atoms with Gasteiger partial charge in [-0.05, 0) is 72.2 Å². The zero-order valence-corrected chi connectivity index (χ0v) is 26.9. The van der Waals surface area contributed by atoms with E-state index in [9.17, 15) is 18.0 Å². The van der Waals surface area contributed by atoms with Crippen molar-refractivity contribution in [2.45, 2.75) is 62.0 Å². The summed E-state index contributed by atoms with van der Waals surface area (Å²) in [6, 6.07) is 33.1. The largest absolute Gasteiger partial charge is 0.497 e. The number of carbonyl (C=O) groups excluding carboxylic acids is 2. The van der Waals surface area contributed by atoms with Crippen molar-refractivity contribution in [3.05, 3.63) is 131 Å². The Labute approximate surface area is 271 Å². The first-order valence-corrected chi connectivity index (χ1v) is 17.2. The van der Waals surface area contributed by atoms with Gasteiger partial charge in [-0.15, -0.1) is 0 Å². The standard InChI is InChI=1S/C37H41N3O5S/c1-45-33-19-12-29(13-20-33)24-25-38-37(42)35(26-30-8-4-2-5-9-30)40(27-31-10-6-3-7-11-31)36(41)23-16-28-14-21-34(22-15-28)46(43,44)39-32-17-18-32/h2-15,19-22,32,35,39H,16-18,23-27H2,1H3,(H,38,42). The summed E-state index contributed by atoms with van der Waals surface area (Å²) >= 11 is 0. The van der Waals surface area contributed by atoms with E-state index >= 15 is 0 Å². The van der Waals surface area contributed by atoms with Crippen LogP contribution in [0.1, 0.15) is 41.5 Å². The van der Waals surface area contributed by atoms with Crippen LogP contribution in [0.25, 0.3) is 0 Å². The summed E-state index contributed by atoms with van der Waals surface area (Å²) in [7, 11) is -1.92. The highest BCUT2D eigenvalue weighted by atomic mass is 32.2. The second-order valence-electron chi connectivity index (χ2n) is 11.6. The lowest BCUT2D eigenvalue weighted by Gasteiger charge is -2.31. The number of rotatable bonds is 16. The molecule has 0 aliphatic heterocycles. The first-order valence-electron chi connectivity index (χ1n) is 15.7. The molecule has 1 saturated carbocycles. The highest BCUT2D eigenvalue weighted by Gasteiger charge is 2.30. The maximum atomic E-state index is 14.0. The van der Waals surface area contributed by atoms with Crippen molar-refractivity contribution in [3.8, 4) is 5.75 Å². The van der Waals surface area contributed by atoms with Crippen molar-refractivity contribution < 1.29 is 22.7 Å². The van der Waals surface area contributed by atoms with Gasteiger partial charge in [-0.25, -0.2) is 13.1 Å². The van der Waals surface area contributed by atoms with Gasteiger partial charge in [-0.1, -0.05) is 84.9 Å². The summed E-state index contributed by atoms with van der Waals surface area (Å²) in [5, 5.41) is 3.09. The van der Waals surface area contributed by atoms with E-state index in [0.29, 0.717) is 25.8 Å². The molecular weight excluding hydrogens is 598 g/mol. The predicted molar refractivity (Wildman–Crippen MR) is 179 cm³/mol. The van der Waals surface area contributed by atoms with Crippen molar-refractivity contribution in [1.29, 1.82) is 0 Å². The number of hydrogen-bond acceptors (Lipinski definition) is 5. The second-order valence-corrected chi connectivity index (χ2v) is 13.4. The Morgan fingerprint density at radius 3 is 1.98 bits per heavy atom. The van der Waals surface area contributed by atoms with E-state index in [1.165, 1.54) is 0 Å². The van der Waals surface area contributed by atoms with Gasteiger partial charge < -0.3 is 15.0 Å². The third kappa shape index (κ3) is 9.52. The molecule has 0 aromatic heterocycles. The van der Waals surface area contributed by atoms with Gasteiger partial charge in [0.2, 0.25) is 21.8 Å². The molecule has 2 N–H and O–H groups in total. The Morgan fingerprint density at radius 1 is 0.783 bits per heavy atom. The summed E-state index contributed by atoms with van der Waals surface area (Å²) in [6.07, 6.45) is 3.33. The van der Waals surface area contributed by atoms with Crippen LogP contribution in [-0.4, -0.2) is 50.9 Å². The van der Waals surface area contributed by atoms with Gasteiger partial charge in [0, 0.05) is 32.0 Å². The zero-order chi connectivity index (χ0) is 32.4. The molecular formula is C37H41N3O5S. The van der Waals surface area contributed by atoms with Crippen LogP contribution in [0.5, 0.6) is 5.75 Å². The van der Waals surface area contributed by atoms with Crippen LogP contribution in [0, 0.1) is 0 Å². The summed E-state index contributed by atoms with van der Waals surface area (Å²) < 4.78 is 33.1. The minimum atomic E-state index is -3.55. The van der Waals surface area contributed by atoms with E-state index in [0.717, 1.165) is 40.8 Å². The molecule has 5 rings (SSSR count). The van der Waals surface area contributed by atoms with Gasteiger partial charge in [-0.3, -0.25) is 9.59 Å². The number of hydrogen-bond donors (Lipinski definition) is 2. The van der Waals surface area contributed by atoms with E-state index in [4.69, 9.17) is 4.74 Å². The van der Waals surface area contributed by atoms with Crippen molar-refractivity contribution in [2.75, 3.05) is 13.7 Å². The normalized spacial score (nSPS) is 13.5. The van der Waals surface area contributed by atoms with Gasteiger partial charge in [0.25, 0.3) is 0 Å². The van der Waals surface area contributed by atoms with E-state index in [1.807, 2.05) is 84.9 Å². The first-order chi connectivity index (χ1) is 22.3. The SMILES string of the molecule is COc1ccc(CCNC(=O)C(Cc2ccccc2)N(Cc2ccccc2)C(=O)CCc2ccc(S(=O)(=O)NC3CC3)cc2)cc1. The zero-order valence-electron chi connectivity index (χ0n) is 26.1. The molecule has 2 amide bonds. The van der Waals surface area contributed by atoms with Crippen LogP contribution in [-0.2, 0) is 45.4 Å². The Hall–Kier alpha value is -4.47. The van der Waals surface area contributed by atoms with Gasteiger partial charge >= 0.3 is 0 Å². The van der Waals surface area contributed by atoms with Crippen molar-refractivity contribution >= 4 is 21.8 Å². The molecule has 4 aromatic rings. The van der Waals surface area contributed by atoms with Crippen LogP contribution < -0.4 is 14.8 Å². The fourth-order valence-electron chi connectivity index (χ4n) is 5.29. The molecule has 4 aromatic carbocycles. The number of nitrogens with zero attached hydrogens (tertiary/aromatic N) is 1. The van der Waals surface area contributed by atoms with Crippen molar-refractivity contribution in [1.82, 2.24) is 14.9 Å². The Balaban J connectivity index is 1.31. The monoisotopic (exact) mass is 639 g/mol. The molecule has 0 bridgehead atoms. The van der Waals surface area contributed by atoms with Gasteiger partial charge in [0.05, 0.1) is 12.0 Å². The quantitative estimate of drug-likeness (QED) is 0.178. The lowest BCUT2D eigenvalue weighted by atomic mass is 10.0. The second kappa shape index (κ2) is 15.7. The molecule has 240 valence electrons. The number of carbonyl (C=O) groups is 2. The number of amides is 2. The lowest BCUT2D eigenvalue weighted by Crippen LogP contribution is -2.50. The molecule has 0 radical (unpaired) electrons. The number of ether oxygens (including phenoxy) is 1. The summed E-state index contributed by atoms with van der Waals surface area (Å²) in [6.45, 7) is 0.710. The van der Waals surface area contributed by atoms with Crippen LogP contribution in [0.3, 0.4) is 0 Å². The molecule has 0 heterocycles. The number of nitrogens with one attached hydrogen (secondary N) is 2. The third-order valence-corrected chi connectivity index (χ3v) is 9.64. The number of methoxy groups -OCH3 is 1. The fraction of sp³-hybridized carbons (Fsp3) is 0.297. The fourth-order valence-corrected chi connectivity index (χ4v) is 6.60. The average molecular weight is 640 g/mol. The molecule has 1 fully saturated rings. The van der Waals surface area contributed by atoms with Crippen molar-refractivity contribution in [2.24, 2.45) is 0 Å². The molecule has 0 saturated heterocycles. The van der Waals surface area contributed by atoms with Crippen LogP contribution in [0.4, 0.5) is 0 Å². The highest BCUT2D eigenvalue weighted by Crippen LogP contribution is 2.23. The van der Waals surface area contributed by atoms with E-state index in [1.54, 1.807) is 36.3 Å². The van der Waals surface area contributed by atoms with Crippen LogP contribution in [0.15, 0.2) is 114 Å². The highest BCUT2D eigenvalue weighted by molar-refractivity contribution is 7.89. The third-order valence-electron chi connectivity index (χ3n) is 8.10. The molecule has 1 unspecified atom stereocenters. The number of aryl methyl sites for hydroxylation is 1. The Bertz CT molecular complexity index is 1670. The van der Waals surface area contributed by atoms with E-state index in [-0.39, 0.29) is 35.7 Å². The molecule has 8 nitrogen and oxygen atoms in total. The molecule has 9 heteroatoms. The van der Waals surface area contributed by atoms with Gasteiger partial charge in [0.15, 0.2) is 0 Å².